The van der Waals surface area contributed by atoms with Crippen LogP contribution in [0, 0.1) is 10.1 Å². The van der Waals surface area contributed by atoms with Crippen LogP contribution in [0.1, 0.15) is 18.9 Å². The molecule has 0 aliphatic carbocycles. The van der Waals surface area contributed by atoms with Crippen LogP contribution in [0.5, 0.6) is 0 Å². The molecule has 10 nitrogen and oxygen atoms in total. The molecule has 1 fully saturated rings. The summed E-state index contributed by atoms with van der Waals surface area (Å²) in [5, 5.41) is 15.8. The van der Waals surface area contributed by atoms with Gasteiger partial charge in [-0.25, -0.2) is 0 Å². The number of piperazine rings is 1. The molecule has 1 aromatic rings. The highest BCUT2D eigenvalue weighted by atomic mass is 32.1. The number of rotatable bonds is 6. The topological polar surface area (TPSA) is 131 Å². The van der Waals surface area contributed by atoms with Crippen molar-refractivity contribution in [3.05, 3.63) is 46.0 Å². The van der Waals surface area contributed by atoms with E-state index in [1.165, 1.54) is 41.3 Å². The molecule has 0 saturated carbocycles. The van der Waals surface area contributed by atoms with Crippen molar-refractivity contribution in [2.75, 3.05) is 19.7 Å². The van der Waals surface area contributed by atoms with Crippen LogP contribution in [0.4, 0.5) is 5.69 Å². The number of hydrogen-bond acceptors (Lipinski definition) is 7. The molecule has 0 aromatic heterocycles. The zero-order chi connectivity index (χ0) is 21.4. The van der Waals surface area contributed by atoms with Crippen LogP contribution in [-0.4, -0.2) is 58.5 Å². The van der Waals surface area contributed by atoms with Crippen molar-refractivity contribution in [3.63, 3.8) is 0 Å². The van der Waals surface area contributed by atoms with E-state index in [9.17, 15) is 24.5 Å². The molecule has 2 amide bonds. The molecule has 0 spiro atoms. The second-order valence-corrected chi connectivity index (χ2v) is 6.37. The van der Waals surface area contributed by atoms with Gasteiger partial charge in [-0.1, -0.05) is 0 Å². The third-order valence-electron chi connectivity index (χ3n) is 4.02. The third kappa shape index (κ3) is 6.35. The van der Waals surface area contributed by atoms with Gasteiger partial charge in [0.25, 0.3) is 5.69 Å². The zero-order valence-corrected chi connectivity index (χ0v) is 16.4. The lowest BCUT2D eigenvalue weighted by Gasteiger charge is -2.36. The number of nitro groups is 1. The first kappa shape index (κ1) is 22.0. The Labute approximate surface area is 172 Å². The number of hydrogen-bond donors (Lipinski definition) is 2. The van der Waals surface area contributed by atoms with Crippen LogP contribution >= 0.6 is 12.2 Å². The highest BCUT2D eigenvalue weighted by Gasteiger charge is 2.33. The summed E-state index contributed by atoms with van der Waals surface area (Å²) >= 11 is 5.23. The van der Waals surface area contributed by atoms with Crippen molar-refractivity contribution in [2.24, 2.45) is 0 Å². The first-order valence-electron chi connectivity index (χ1n) is 8.79. The van der Waals surface area contributed by atoms with Gasteiger partial charge in [0.1, 0.15) is 6.04 Å². The van der Waals surface area contributed by atoms with E-state index >= 15 is 0 Å². The molecule has 1 aromatic carbocycles. The minimum atomic E-state index is -0.866. The normalized spacial score (nSPS) is 16.2. The molecule has 1 heterocycles. The molecule has 11 heteroatoms. The minimum Gasteiger partial charge on any atom is -0.466 e. The quantitative estimate of drug-likeness (QED) is 0.227. The van der Waals surface area contributed by atoms with Gasteiger partial charge in [0.15, 0.2) is 5.11 Å². The number of carbonyl (C=O) groups is 3. The third-order valence-corrected chi connectivity index (χ3v) is 4.35. The van der Waals surface area contributed by atoms with E-state index in [1.54, 1.807) is 6.92 Å². The molecular formula is C18H20N4O6S. The number of thiocarbonyl (C=S) groups is 1. The summed E-state index contributed by atoms with van der Waals surface area (Å²) in [7, 11) is 0. The Morgan fingerprint density at radius 2 is 2.10 bits per heavy atom. The Morgan fingerprint density at radius 1 is 1.41 bits per heavy atom. The van der Waals surface area contributed by atoms with Crippen molar-refractivity contribution < 1.29 is 24.0 Å². The fraction of sp³-hybridized carbons (Fsp3) is 0.333. The molecule has 1 atom stereocenters. The van der Waals surface area contributed by atoms with Gasteiger partial charge in [0.05, 0.1) is 18.0 Å². The monoisotopic (exact) mass is 420 g/mol. The lowest BCUT2D eigenvalue weighted by atomic mass is 10.1. The van der Waals surface area contributed by atoms with Crippen LogP contribution in [0.25, 0.3) is 6.08 Å². The Kier molecular flexibility index (Phi) is 7.78. The van der Waals surface area contributed by atoms with Crippen molar-refractivity contribution in [2.45, 2.75) is 19.4 Å². The fourth-order valence-corrected chi connectivity index (χ4v) is 2.96. The summed E-state index contributed by atoms with van der Waals surface area (Å²) in [6, 6.07) is 4.80. The summed E-state index contributed by atoms with van der Waals surface area (Å²) in [4.78, 5) is 47.6. The summed E-state index contributed by atoms with van der Waals surface area (Å²) < 4.78 is 4.88. The van der Waals surface area contributed by atoms with E-state index in [1.807, 2.05) is 0 Å². The van der Waals surface area contributed by atoms with Gasteiger partial charge in [0.2, 0.25) is 11.8 Å². The van der Waals surface area contributed by atoms with E-state index < -0.39 is 22.8 Å². The molecule has 1 aliphatic rings. The second-order valence-electron chi connectivity index (χ2n) is 5.99. The van der Waals surface area contributed by atoms with Crippen molar-refractivity contribution in [1.82, 2.24) is 15.5 Å². The number of nitrogens with zero attached hydrogens (tertiary/aromatic N) is 2. The summed E-state index contributed by atoms with van der Waals surface area (Å²) in [5.74, 6) is -1.44. The average molecular weight is 420 g/mol. The molecule has 2 rings (SSSR count). The predicted molar refractivity (Wildman–Crippen MR) is 108 cm³/mol. The van der Waals surface area contributed by atoms with Gasteiger partial charge in [-0.05, 0) is 42.9 Å². The number of nitro benzene ring substituents is 1. The molecule has 1 aliphatic heterocycles. The van der Waals surface area contributed by atoms with E-state index in [-0.39, 0.29) is 29.7 Å². The lowest BCUT2D eigenvalue weighted by Crippen LogP contribution is -2.60. The zero-order valence-electron chi connectivity index (χ0n) is 15.6. The first-order valence-corrected chi connectivity index (χ1v) is 9.20. The van der Waals surface area contributed by atoms with Crippen LogP contribution in [0.3, 0.4) is 0 Å². The number of nitrogens with one attached hydrogen (secondary N) is 2. The molecular weight excluding hydrogens is 400 g/mol. The van der Waals surface area contributed by atoms with Crippen molar-refractivity contribution in [1.29, 1.82) is 0 Å². The molecule has 0 radical (unpaired) electrons. The molecule has 29 heavy (non-hydrogen) atoms. The number of benzene rings is 1. The summed E-state index contributed by atoms with van der Waals surface area (Å²) in [6.07, 6.45) is 2.51. The number of amides is 2. The minimum absolute atomic E-state index is 0.0208. The average Bonchev–Trinajstić information content (AvgIpc) is 2.68. The SMILES string of the molecule is CCOC(=O)CC1C(=O)NCCN1C(=S)NC(=O)/C=C/c1ccc([N+](=O)[O-])cc1. The predicted octanol–water partition coefficient (Wildman–Crippen LogP) is 0.763. The highest BCUT2D eigenvalue weighted by molar-refractivity contribution is 7.80. The number of ether oxygens (including phenoxy) is 1. The number of esters is 1. The van der Waals surface area contributed by atoms with Crippen LogP contribution < -0.4 is 10.6 Å². The Hall–Kier alpha value is -3.34. The van der Waals surface area contributed by atoms with Gasteiger partial charge in [0, 0.05) is 31.3 Å². The van der Waals surface area contributed by atoms with Gasteiger partial charge in [-0.3, -0.25) is 29.8 Å². The standard InChI is InChI=1S/C18H20N4O6S/c1-2-28-16(24)11-14-17(25)19-9-10-21(14)18(29)20-15(23)8-5-12-3-6-13(7-4-12)22(26)27/h3-8,14H,2,9-11H2,1H3,(H,19,25)(H,20,23,29)/b8-5+. The lowest BCUT2D eigenvalue weighted by molar-refractivity contribution is -0.384. The first-order chi connectivity index (χ1) is 13.8. The van der Waals surface area contributed by atoms with Gasteiger partial charge < -0.3 is 15.0 Å². The smallest absolute Gasteiger partial charge is 0.308 e. The molecule has 154 valence electrons. The second kappa shape index (κ2) is 10.3. The van der Waals surface area contributed by atoms with Crippen LogP contribution in [0.15, 0.2) is 30.3 Å². The van der Waals surface area contributed by atoms with Crippen molar-refractivity contribution >= 4 is 46.9 Å². The fourth-order valence-electron chi connectivity index (χ4n) is 2.64. The molecule has 1 saturated heterocycles. The maximum absolute atomic E-state index is 12.1. The largest absolute Gasteiger partial charge is 0.466 e. The van der Waals surface area contributed by atoms with E-state index in [4.69, 9.17) is 17.0 Å². The van der Waals surface area contributed by atoms with E-state index in [0.29, 0.717) is 18.7 Å². The van der Waals surface area contributed by atoms with E-state index in [0.717, 1.165) is 0 Å². The maximum atomic E-state index is 12.1. The maximum Gasteiger partial charge on any atom is 0.308 e. The Morgan fingerprint density at radius 3 is 2.72 bits per heavy atom. The van der Waals surface area contributed by atoms with E-state index in [2.05, 4.69) is 10.6 Å². The highest BCUT2D eigenvalue weighted by Crippen LogP contribution is 2.13. The number of carbonyl (C=O) groups excluding carboxylic acids is 3. The molecule has 2 N–H and O–H groups in total. The number of non-ortho nitro benzene ring substituents is 1. The van der Waals surface area contributed by atoms with Crippen molar-refractivity contribution in [3.8, 4) is 0 Å². The summed E-state index contributed by atoms with van der Waals surface area (Å²) in [6.45, 7) is 2.52. The van der Waals surface area contributed by atoms with Gasteiger partial charge in [-0.15, -0.1) is 0 Å². The van der Waals surface area contributed by atoms with Gasteiger partial charge >= 0.3 is 5.97 Å². The summed E-state index contributed by atoms with van der Waals surface area (Å²) in [5.41, 5.74) is 0.540. The van der Waals surface area contributed by atoms with Gasteiger partial charge in [-0.2, -0.15) is 0 Å². The van der Waals surface area contributed by atoms with Crippen LogP contribution in [0.2, 0.25) is 0 Å². The Bertz CT molecular complexity index is 839. The Balaban J connectivity index is 1.98. The van der Waals surface area contributed by atoms with Crippen LogP contribution in [-0.2, 0) is 19.1 Å². The molecule has 0 bridgehead atoms. The molecule has 1 unspecified atom stereocenters.